The number of carbonyl (C=O) groups is 1. The molecule has 1 rings (SSSR count). The van der Waals surface area contributed by atoms with Crippen molar-refractivity contribution < 1.29 is 4.79 Å². The van der Waals surface area contributed by atoms with Crippen molar-refractivity contribution in [2.75, 3.05) is 6.54 Å². The van der Waals surface area contributed by atoms with Crippen molar-refractivity contribution in [2.45, 2.75) is 0 Å². The predicted octanol–water partition coefficient (Wildman–Crippen LogP) is 0.862. The number of ketones is 1. The van der Waals surface area contributed by atoms with Crippen molar-refractivity contribution in [3.8, 4) is 0 Å². The second-order valence-corrected chi connectivity index (χ2v) is 2.38. The molecule has 0 saturated carbocycles. The summed E-state index contributed by atoms with van der Waals surface area (Å²) in [6.45, 7) is 0.0716. The highest BCUT2D eigenvalue weighted by Gasteiger charge is 2.02. The Morgan fingerprint density at radius 1 is 1.80 bits per heavy atom. The molecule has 1 aromatic heterocycles. The maximum Gasteiger partial charge on any atom is 0.187 e. The Morgan fingerprint density at radius 3 is 2.90 bits per heavy atom. The molecule has 0 aliphatic carbocycles. The lowest BCUT2D eigenvalue weighted by Gasteiger charge is -1.85. The first-order valence-corrected chi connectivity index (χ1v) is 3.34. The quantitative estimate of drug-likeness (QED) is 0.756. The zero-order valence-corrected chi connectivity index (χ0v) is 7.64. The highest BCUT2D eigenvalue weighted by atomic mass is 79.9. The van der Waals surface area contributed by atoms with Gasteiger partial charge in [0.05, 0.1) is 16.9 Å². The van der Waals surface area contributed by atoms with Crippen LogP contribution < -0.4 is 5.73 Å². The average Bonchev–Trinajstić information content (AvgIpc) is 2.37. The van der Waals surface area contributed by atoms with Gasteiger partial charge in [0.25, 0.3) is 0 Å². The fourth-order valence-corrected chi connectivity index (χ4v) is 1.03. The molecule has 0 spiro atoms. The molecule has 0 aliphatic heterocycles. The summed E-state index contributed by atoms with van der Waals surface area (Å²) in [5, 5.41) is 0. The van der Waals surface area contributed by atoms with Gasteiger partial charge in [0.1, 0.15) is 0 Å². The van der Waals surface area contributed by atoms with Gasteiger partial charge in [-0.25, -0.2) is 0 Å². The average molecular weight is 223 g/mol. The smallest absolute Gasteiger partial charge is 0.187 e. The lowest BCUT2D eigenvalue weighted by molar-refractivity contribution is 0.100. The van der Waals surface area contributed by atoms with E-state index in [1.54, 1.807) is 5.51 Å². The van der Waals surface area contributed by atoms with Gasteiger partial charge in [0.2, 0.25) is 0 Å². The Balaban J connectivity index is 0.000000810. The van der Waals surface area contributed by atoms with Gasteiger partial charge in [-0.2, -0.15) is 0 Å². The van der Waals surface area contributed by atoms with E-state index in [1.807, 2.05) is 0 Å². The third kappa shape index (κ3) is 2.17. The minimum absolute atomic E-state index is 0. The standard InChI is InChI=1S/C5H6N2OS.BrH/c6-1-4(8)5-2-7-3-9-5;/h2-3H,1,6H2;1H. The SMILES string of the molecule is Br.NCC(=O)c1cncs1. The number of rotatable bonds is 2. The van der Waals surface area contributed by atoms with E-state index in [-0.39, 0.29) is 29.3 Å². The van der Waals surface area contributed by atoms with Crippen molar-refractivity contribution in [3.63, 3.8) is 0 Å². The summed E-state index contributed by atoms with van der Waals surface area (Å²) in [6, 6.07) is 0. The zero-order valence-electron chi connectivity index (χ0n) is 5.11. The van der Waals surface area contributed by atoms with E-state index in [2.05, 4.69) is 4.98 Å². The molecule has 0 radical (unpaired) electrons. The molecule has 0 atom stereocenters. The Morgan fingerprint density at radius 2 is 2.50 bits per heavy atom. The molecule has 3 nitrogen and oxygen atoms in total. The minimum Gasteiger partial charge on any atom is -0.324 e. The number of halogens is 1. The van der Waals surface area contributed by atoms with Gasteiger partial charge in [-0.3, -0.25) is 9.78 Å². The van der Waals surface area contributed by atoms with Crippen LogP contribution in [0.1, 0.15) is 9.67 Å². The van der Waals surface area contributed by atoms with Gasteiger partial charge in [-0.15, -0.1) is 28.3 Å². The molecule has 0 amide bonds. The first kappa shape index (κ1) is 9.74. The van der Waals surface area contributed by atoms with Crippen molar-refractivity contribution in [1.29, 1.82) is 0 Å². The number of nitrogens with two attached hydrogens (primary N) is 1. The molecule has 0 aliphatic rings. The third-order valence-corrected chi connectivity index (χ3v) is 1.71. The van der Waals surface area contributed by atoms with Crippen LogP contribution in [-0.4, -0.2) is 17.3 Å². The summed E-state index contributed by atoms with van der Waals surface area (Å²) in [4.78, 5) is 15.1. The van der Waals surface area contributed by atoms with Crippen LogP contribution in [0.4, 0.5) is 0 Å². The van der Waals surface area contributed by atoms with Crippen LogP contribution in [0.2, 0.25) is 0 Å². The molecule has 0 unspecified atom stereocenters. The fraction of sp³-hybridized carbons (Fsp3) is 0.200. The highest BCUT2D eigenvalue weighted by Crippen LogP contribution is 2.04. The first-order chi connectivity index (χ1) is 4.34. The monoisotopic (exact) mass is 222 g/mol. The van der Waals surface area contributed by atoms with Crippen LogP contribution in [0.25, 0.3) is 0 Å². The van der Waals surface area contributed by atoms with Crippen molar-refractivity contribution in [3.05, 3.63) is 16.6 Å². The molecular weight excluding hydrogens is 216 g/mol. The molecule has 0 fully saturated rings. The van der Waals surface area contributed by atoms with Gasteiger partial charge >= 0.3 is 0 Å². The van der Waals surface area contributed by atoms with E-state index >= 15 is 0 Å². The van der Waals surface area contributed by atoms with E-state index in [1.165, 1.54) is 17.5 Å². The number of Topliss-reactive ketones (excluding diaryl/α,β-unsaturated/α-hetero) is 1. The van der Waals surface area contributed by atoms with Crippen molar-refractivity contribution in [1.82, 2.24) is 4.98 Å². The van der Waals surface area contributed by atoms with Crippen molar-refractivity contribution >= 4 is 34.1 Å². The van der Waals surface area contributed by atoms with E-state index in [0.717, 1.165) is 0 Å². The van der Waals surface area contributed by atoms with Gasteiger partial charge in [-0.05, 0) is 0 Å². The summed E-state index contributed by atoms with van der Waals surface area (Å²) in [6.07, 6.45) is 1.53. The summed E-state index contributed by atoms with van der Waals surface area (Å²) in [5.41, 5.74) is 6.71. The van der Waals surface area contributed by atoms with Crippen LogP contribution >= 0.6 is 28.3 Å². The molecule has 0 aromatic carbocycles. The normalized spacial score (nSPS) is 8.50. The second kappa shape index (κ2) is 4.54. The largest absolute Gasteiger partial charge is 0.324 e. The number of thiazole rings is 1. The van der Waals surface area contributed by atoms with E-state index < -0.39 is 0 Å². The van der Waals surface area contributed by atoms with Crippen molar-refractivity contribution in [2.24, 2.45) is 5.73 Å². The number of hydrogen-bond donors (Lipinski definition) is 1. The summed E-state index contributed by atoms with van der Waals surface area (Å²) < 4.78 is 0. The topological polar surface area (TPSA) is 56.0 Å². The number of carbonyl (C=O) groups excluding carboxylic acids is 1. The Labute approximate surface area is 73.0 Å². The van der Waals surface area contributed by atoms with Gasteiger partial charge in [0.15, 0.2) is 5.78 Å². The van der Waals surface area contributed by atoms with Gasteiger partial charge in [-0.1, -0.05) is 0 Å². The zero-order chi connectivity index (χ0) is 6.69. The molecular formula is C5H7BrN2OS. The molecule has 1 aromatic rings. The van der Waals surface area contributed by atoms with Crippen LogP contribution in [0, 0.1) is 0 Å². The fourth-order valence-electron chi connectivity index (χ4n) is 0.454. The number of hydrogen-bond acceptors (Lipinski definition) is 4. The summed E-state index contributed by atoms with van der Waals surface area (Å²) >= 11 is 1.31. The van der Waals surface area contributed by atoms with Crippen LogP contribution in [0.5, 0.6) is 0 Å². The van der Waals surface area contributed by atoms with Crippen LogP contribution in [0.3, 0.4) is 0 Å². The maximum atomic E-state index is 10.7. The molecule has 0 saturated heterocycles. The van der Waals surface area contributed by atoms with E-state index in [9.17, 15) is 4.79 Å². The van der Waals surface area contributed by atoms with Gasteiger partial charge < -0.3 is 5.73 Å². The molecule has 56 valence electrons. The molecule has 5 heteroatoms. The summed E-state index contributed by atoms with van der Waals surface area (Å²) in [5.74, 6) is -0.0440. The minimum atomic E-state index is -0.0440. The summed E-state index contributed by atoms with van der Waals surface area (Å²) in [7, 11) is 0. The lowest BCUT2D eigenvalue weighted by atomic mass is 10.4. The van der Waals surface area contributed by atoms with E-state index in [4.69, 9.17) is 5.73 Å². The highest BCUT2D eigenvalue weighted by molar-refractivity contribution is 8.93. The number of nitrogens with zero attached hydrogens (tertiary/aromatic N) is 1. The Kier molecular flexibility index (Phi) is 4.42. The molecule has 0 bridgehead atoms. The number of aromatic nitrogens is 1. The molecule has 2 N–H and O–H groups in total. The molecule has 1 heterocycles. The predicted molar refractivity (Wildman–Crippen MR) is 45.8 cm³/mol. The van der Waals surface area contributed by atoms with Crippen LogP contribution in [-0.2, 0) is 0 Å². The lowest BCUT2D eigenvalue weighted by Crippen LogP contribution is -2.11. The van der Waals surface area contributed by atoms with Crippen LogP contribution in [0.15, 0.2) is 11.7 Å². The maximum absolute atomic E-state index is 10.7. The molecule has 10 heavy (non-hydrogen) atoms. The second-order valence-electron chi connectivity index (χ2n) is 1.49. The van der Waals surface area contributed by atoms with E-state index in [0.29, 0.717) is 4.88 Å². The Hall–Kier alpha value is -0.260. The Bertz CT molecular complexity index is 199. The first-order valence-electron chi connectivity index (χ1n) is 2.46. The van der Waals surface area contributed by atoms with Gasteiger partial charge in [0, 0.05) is 6.20 Å². The third-order valence-electron chi connectivity index (χ3n) is 0.893.